The third-order valence-corrected chi connectivity index (χ3v) is 4.43. The summed E-state index contributed by atoms with van der Waals surface area (Å²) in [4.78, 5) is 4.30. The Kier molecular flexibility index (Phi) is 6.56. The maximum absolute atomic E-state index is 13.8. The van der Waals surface area contributed by atoms with Crippen LogP contribution in [0, 0.1) is 25.5 Å². The van der Waals surface area contributed by atoms with Crippen molar-refractivity contribution in [2.24, 2.45) is 0 Å². The summed E-state index contributed by atoms with van der Waals surface area (Å²) in [7, 11) is 1.65. The largest absolute Gasteiger partial charge is 0.471 e. The lowest BCUT2D eigenvalue weighted by molar-refractivity contribution is 0.187. The van der Waals surface area contributed by atoms with Crippen LogP contribution in [0.1, 0.15) is 16.8 Å². The summed E-state index contributed by atoms with van der Waals surface area (Å²) >= 11 is 0. The molecule has 0 aliphatic carbocycles. The molecule has 1 aromatic carbocycles. The smallest absolute Gasteiger partial charge is 0.238 e. The van der Waals surface area contributed by atoms with Crippen molar-refractivity contribution in [2.75, 3.05) is 13.7 Å². The summed E-state index contributed by atoms with van der Waals surface area (Å²) < 4.78 is 40.2. The summed E-state index contributed by atoms with van der Waals surface area (Å²) in [5.41, 5.74) is 3.23. The van der Waals surface area contributed by atoms with Crippen LogP contribution >= 0.6 is 12.4 Å². The van der Waals surface area contributed by atoms with E-state index >= 15 is 0 Å². The van der Waals surface area contributed by atoms with E-state index in [1.165, 1.54) is 12.1 Å². The number of hydrogen-bond donors (Lipinski definition) is 0. The van der Waals surface area contributed by atoms with Gasteiger partial charge in [0.05, 0.1) is 6.61 Å². The molecule has 3 aromatic rings. The average molecular weight is 383 g/mol. The molecule has 0 saturated carbocycles. The van der Waals surface area contributed by atoms with Crippen LogP contribution in [0.4, 0.5) is 8.78 Å². The third kappa shape index (κ3) is 3.66. The van der Waals surface area contributed by atoms with E-state index in [2.05, 4.69) is 9.55 Å². The molecular weight excluding hydrogens is 362 g/mol. The van der Waals surface area contributed by atoms with Crippen molar-refractivity contribution in [3.8, 4) is 5.88 Å². The summed E-state index contributed by atoms with van der Waals surface area (Å²) in [5.74, 6) is -1.38. The molecule has 7 heteroatoms. The lowest BCUT2D eigenvalue weighted by Crippen LogP contribution is -2.08. The molecule has 26 heavy (non-hydrogen) atoms. The van der Waals surface area contributed by atoms with E-state index in [-0.39, 0.29) is 24.6 Å². The van der Waals surface area contributed by atoms with Gasteiger partial charge in [0.15, 0.2) is 11.6 Å². The molecule has 0 fully saturated rings. The monoisotopic (exact) mass is 382 g/mol. The van der Waals surface area contributed by atoms with E-state index < -0.39 is 11.6 Å². The first-order valence-corrected chi connectivity index (χ1v) is 8.03. The minimum absolute atomic E-state index is 0. The van der Waals surface area contributed by atoms with Crippen molar-refractivity contribution in [3.63, 3.8) is 0 Å². The van der Waals surface area contributed by atoms with Gasteiger partial charge < -0.3 is 14.0 Å². The number of pyridine rings is 1. The van der Waals surface area contributed by atoms with Crippen molar-refractivity contribution >= 4 is 23.3 Å². The molecule has 0 aliphatic heterocycles. The maximum atomic E-state index is 13.8. The lowest BCUT2D eigenvalue weighted by Gasteiger charge is -2.12. The van der Waals surface area contributed by atoms with Gasteiger partial charge in [0.1, 0.15) is 12.1 Å². The molecule has 0 saturated heterocycles. The van der Waals surface area contributed by atoms with E-state index in [1.54, 1.807) is 13.3 Å². The van der Waals surface area contributed by atoms with Crippen molar-refractivity contribution < 1.29 is 18.3 Å². The van der Waals surface area contributed by atoms with Crippen LogP contribution in [0.3, 0.4) is 0 Å². The van der Waals surface area contributed by atoms with Gasteiger partial charge in [0.2, 0.25) is 5.88 Å². The third-order valence-electron chi connectivity index (χ3n) is 4.43. The molecule has 2 heterocycles. The molecule has 0 atom stereocenters. The number of methoxy groups -OCH3 is 1. The van der Waals surface area contributed by atoms with Gasteiger partial charge in [0.25, 0.3) is 0 Å². The fourth-order valence-corrected chi connectivity index (χ4v) is 2.94. The van der Waals surface area contributed by atoms with Gasteiger partial charge in [-0.3, -0.25) is 0 Å². The Labute approximate surface area is 157 Å². The SMILES string of the molecule is COCCn1c(C)c(C)c2ccnc(OCc3cccc(F)c3F)c21.Cl. The van der Waals surface area contributed by atoms with Crippen LogP contribution in [-0.4, -0.2) is 23.3 Å². The Hall–Kier alpha value is -2.18. The molecule has 140 valence electrons. The van der Waals surface area contributed by atoms with E-state index in [0.29, 0.717) is 19.0 Å². The number of aryl methyl sites for hydroxylation is 1. The molecule has 0 N–H and O–H groups in total. The lowest BCUT2D eigenvalue weighted by atomic mass is 10.2. The molecule has 0 aliphatic rings. The van der Waals surface area contributed by atoms with Crippen LogP contribution in [0.5, 0.6) is 5.88 Å². The second-order valence-corrected chi connectivity index (χ2v) is 5.87. The van der Waals surface area contributed by atoms with Crippen LogP contribution in [0.25, 0.3) is 10.9 Å². The quantitative estimate of drug-likeness (QED) is 0.626. The molecule has 0 bridgehead atoms. The molecule has 2 aromatic heterocycles. The summed E-state index contributed by atoms with van der Waals surface area (Å²) in [6.07, 6.45) is 1.66. The fraction of sp³-hybridized carbons (Fsp3) is 0.316. The topological polar surface area (TPSA) is 36.3 Å². The first-order valence-electron chi connectivity index (χ1n) is 8.03. The van der Waals surface area contributed by atoms with E-state index in [4.69, 9.17) is 9.47 Å². The van der Waals surface area contributed by atoms with Gasteiger partial charge in [0, 0.05) is 36.5 Å². The molecule has 3 rings (SSSR count). The van der Waals surface area contributed by atoms with E-state index in [9.17, 15) is 8.78 Å². The number of fused-ring (bicyclic) bond motifs is 1. The van der Waals surface area contributed by atoms with Gasteiger partial charge in [-0.15, -0.1) is 12.4 Å². The van der Waals surface area contributed by atoms with Gasteiger partial charge >= 0.3 is 0 Å². The second-order valence-electron chi connectivity index (χ2n) is 5.87. The first-order chi connectivity index (χ1) is 12.0. The van der Waals surface area contributed by atoms with Crippen molar-refractivity contribution in [2.45, 2.75) is 27.0 Å². The Morgan fingerprint density at radius 3 is 2.65 bits per heavy atom. The standard InChI is InChI=1S/C19H20F2N2O2.ClH/c1-12-13(2)23(9-10-24-3)18-15(12)7-8-22-19(18)25-11-14-5-4-6-16(20)17(14)21;/h4-8H,9-11H2,1-3H3;1H. The zero-order chi connectivity index (χ0) is 18.0. The van der Waals surface area contributed by atoms with Crippen LogP contribution in [0.2, 0.25) is 0 Å². The average Bonchev–Trinajstić information content (AvgIpc) is 2.86. The number of hydrogen-bond acceptors (Lipinski definition) is 3. The highest BCUT2D eigenvalue weighted by Crippen LogP contribution is 2.31. The predicted octanol–water partition coefficient (Wildman–Crippen LogP) is 4.58. The molecule has 0 unspecified atom stereocenters. The van der Waals surface area contributed by atoms with Crippen molar-refractivity contribution in [3.05, 3.63) is 58.9 Å². The Bertz CT molecular complexity index is 912. The fourth-order valence-electron chi connectivity index (χ4n) is 2.94. The van der Waals surface area contributed by atoms with Gasteiger partial charge in [-0.25, -0.2) is 13.8 Å². The number of nitrogens with zero attached hydrogens (tertiary/aromatic N) is 2. The highest BCUT2D eigenvalue weighted by molar-refractivity contribution is 5.88. The van der Waals surface area contributed by atoms with Crippen molar-refractivity contribution in [1.29, 1.82) is 0 Å². The number of halogens is 3. The number of aromatic nitrogens is 2. The number of benzene rings is 1. The molecule has 0 radical (unpaired) electrons. The van der Waals surface area contributed by atoms with Gasteiger partial charge in [-0.1, -0.05) is 12.1 Å². The van der Waals surface area contributed by atoms with E-state index in [0.717, 1.165) is 28.2 Å². The maximum Gasteiger partial charge on any atom is 0.238 e. The van der Waals surface area contributed by atoms with Crippen LogP contribution < -0.4 is 4.74 Å². The van der Waals surface area contributed by atoms with Crippen molar-refractivity contribution in [1.82, 2.24) is 9.55 Å². The first kappa shape index (κ1) is 20.1. The predicted molar refractivity (Wildman–Crippen MR) is 99.0 cm³/mol. The minimum Gasteiger partial charge on any atom is -0.471 e. The van der Waals surface area contributed by atoms with Gasteiger partial charge in [-0.05, 0) is 31.5 Å². The van der Waals surface area contributed by atoms with Gasteiger partial charge in [-0.2, -0.15) is 0 Å². The zero-order valence-corrected chi connectivity index (χ0v) is 15.7. The van der Waals surface area contributed by atoms with Crippen LogP contribution in [-0.2, 0) is 17.9 Å². The summed E-state index contributed by atoms with van der Waals surface area (Å²) in [5, 5.41) is 1.03. The second kappa shape index (κ2) is 8.47. The number of rotatable bonds is 6. The summed E-state index contributed by atoms with van der Waals surface area (Å²) in [6.45, 7) is 5.18. The van der Waals surface area contributed by atoms with Crippen LogP contribution in [0.15, 0.2) is 30.5 Å². The Morgan fingerprint density at radius 1 is 1.15 bits per heavy atom. The highest BCUT2D eigenvalue weighted by Gasteiger charge is 2.17. The number of ether oxygens (including phenoxy) is 2. The molecule has 0 spiro atoms. The minimum atomic E-state index is -0.892. The Balaban J connectivity index is 0.00000243. The van der Waals surface area contributed by atoms with E-state index in [1.807, 2.05) is 19.9 Å². The molecular formula is C19H21ClF2N2O2. The molecule has 0 amide bonds. The highest BCUT2D eigenvalue weighted by atomic mass is 35.5. The molecule has 4 nitrogen and oxygen atoms in total. The summed E-state index contributed by atoms with van der Waals surface area (Å²) in [6, 6.07) is 5.97. The zero-order valence-electron chi connectivity index (χ0n) is 14.9. The normalized spacial score (nSPS) is 10.8. The Morgan fingerprint density at radius 2 is 1.92 bits per heavy atom.